The van der Waals surface area contributed by atoms with Gasteiger partial charge >= 0.3 is 5.69 Å². The van der Waals surface area contributed by atoms with E-state index in [-0.39, 0.29) is 17.8 Å². The second-order valence-corrected chi connectivity index (χ2v) is 11.8. The Hall–Kier alpha value is -2.12. The van der Waals surface area contributed by atoms with Crippen molar-refractivity contribution in [3.63, 3.8) is 0 Å². The molecule has 1 aliphatic heterocycles. The molecule has 2 aromatic rings. The summed E-state index contributed by atoms with van der Waals surface area (Å²) >= 11 is 6.54. The molecule has 3 heterocycles. The molecule has 5 aliphatic carbocycles. The Balaban J connectivity index is 1.27. The third kappa shape index (κ3) is 3.02. The molecule has 180 valence electrons. The van der Waals surface area contributed by atoms with Gasteiger partial charge < -0.3 is 10.1 Å². The Labute approximate surface area is 204 Å². The number of imidazole rings is 1. The first-order valence-electron chi connectivity index (χ1n) is 12.9. The van der Waals surface area contributed by atoms with Gasteiger partial charge in [-0.05, 0) is 67.8 Å². The third-order valence-corrected chi connectivity index (χ3v) is 9.94. The van der Waals surface area contributed by atoms with Crippen molar-refractivity contribution >= 4 is 28.7 Å². The van der Waals surface area contributed by atoms with Crippen LogP contribution in [0.1, 0.15) is 57.9 Å². The highest BCUT2D eigenvalue weighted by Crippen LogP contribution is 2.64. The zero-order valence-electron chi connectivity index (χ0n) is 19.8. The molecule has 4 bridgehead atoms. The minimum atomic E-state index is 0.0326. The van der Waals surface area contributed by atoms with Crippen molar-refractivity contribution in [2.45, 2.75) is 64.0 Å². The van der Waals surface area contributed by atoms with Gasteiger partial charge in [0.15, 0.2) is 5.65 Å². The maximum atomic E-state index is 13.5. The van der Waals surface area contributed by atoms with Gasteiger partial charge in [-0.2, -0.15) is 4.98 Å². The van der Waals surface area contributed by atoms with Crippen LogP contribution in [-0.4, -0.2) is 31.8 Å². The Morgan fingerprint density at radius 3 is 2.79 bits per heavy atom. The van der Waals surface area contributed by atoms with E-state index in [4.69, 9.17) is 21.3 Å². The monoisotopic (exact) mass is 481 g/mol. The molecule has 1 saturated heterocycles. The van der Waals surface area contributed by atoms with E-state index in [1.165, 1.54) is 38.5 Å². The molecule has 0 spiro atoms. The van der Waals surface area contributed by atoms with Crippen molar-refractivity contribution in [3.8, 4) is 0 Å². The first-order valence-corrected chi connectivity index (χ1v) is 13.2. The number of rotatable bonds is 4. The van der Waals surface area contributed by atoms with Crippen molar-refractivity contribution in [3.05, 3.63) is 39.6 Å². The van der Waals surface area contributed by atoms with Gasteiger partial charge in [0.1, 0.15) is 5.52 Å². The number of aromatic nitrogens is 4. The quantitative estimate of drug-likeness (QED) is 0.682. The summed E-state index contributed by atoms with van der Waals surface area (Å²) in [6.45, 7) is 3.11. The SMILES string of the molecule is CCC12CC3CC(C1)C(n1c(=O)n(C)c4cnc(NC5=CC6CCOC6C=C5Cl)nc41)C(C3)C2. The summed E-state index contributed by atoms with van der Waals surface area (Å²) in [6.07, 6.45) is 14.6. The van der Waals surface area contributed by atoms with Gasteiger partial charge in [-0.15, -0.1) is 0 Å². The molecule has 8 heteroatoms. The van der Waals surface area contributed by atoms with Gasteiger partial charge in [0.25, 0.3) is 0 Å². The first kappa shape index (κ1) is 21.2. The van der Waals surface area contributed by atoms with Crippen LogP contribution < -0.4 is 11.0 Å². The lowest BCUT2D eigenvalue weighted by Crippen LogP contribution is -2.52. The molecule has 34 heavy (non-hydrogen) atoms. The fourth-order valence-electron chi connectivity index (χ4n) is 8.21. The van der Waals surface area contributed by atoms with E-state index < -0.39 is 0 Å². The Kier molecular flexibility index (Phi) is 4.64. The molecule has 0 amide bonds. The number of hydrogen-bond acceptors (Lipinski definition) is 5. The average Bonchev–Trinajstić information content (AvgIpc) is 3.36. The lowest BCUT2D eigenvalue weighted by molar-refractivity contribution is -0.0902. The fourth-order valence-corrected chi connectivity index (χ4v) is 8.45. The number of nitrogens with zero attached hydrogens (tertiary/aromatic N) is 4. The second kappa shape index (κ2) is 7.44. The smallest absolute Gasteiger partial charge is 0.330 e. The highest BCUT2D eigenvalue weighted by atomic mass is 35.5. The number of nitrogens with one attached hydrogen (secondary N) is 1. The van der Waals surface area contributed by atoms with Crippen molar-refractivity contribution < 1.29 is 4.74 Å². The van der Waals surface area contributed by atoms with Gasteiger partial charge in [0, 0.05) is 25.6 Å². The summed E-state index contributed by atoms with van der Waals surface area (Å²) in [4.78, 5) is 23.0. The summed E-state index contributed by atoms with van der Waals surface area (Å²) in [6, 6.07) is 0.240. The van der Waals surface area contributed by atoms with Crippen LogP contribution in [0.2, 0.25) is 0 Å². The first-order chi connectivity index (χ1) is 16.4. The van der Waals surface area contributed by atoms with E-state index in [9.17, 15) is 4.79 Å². The van der Waals surface area contributed by atoms with Crippen LogP contribution in [-0.2, 0) is 11.8 Å². The summed E-state index contributed by atoms with van der Waals surface area (Å²) in [7, 11) is 1.84. The molecule has 8 rings (SSSR count). The topological polar surface area (TPSA) is 74.0 Å². The van der Waals surface area contributed by atoms with Gasteiger partial charge in [-0.25, -0.2) is 9.78 Å². The van der Waals surface area contributed by atoms with Crippen LogP contribution >= 0.6 is 11.6 Å². The minimum absolute atomic E-state index is 0.0326. The average molecular weight is 482 g/mol. The fraction of sp³-hybridized carbons (Fsp3) is 0.654. The molecule has 6 aliphatic rings. The zero-order chi connectivity index (χ0) is 23.2. The van der Waals surface area contributed by atoms with E-state index in [0.717, 1.165) is 35.8 Å². The Bertz CT molecular complexity index is 1280. The van der Waals surface area contributed by atoms with Crippen molar-refractivity contribution in [2.75, 3.05) is 11.9 Å². The van der Waals surface area contributed by atoms with Crippen LogP contribution in [0.15, 0.2) is 33.9 Å². The molecule has 4 saturated carbocycles. The number of aryl methyl sites for hydroxylation is 1. The molecular weight excluding hydrogens is 450 g/mol. The molecule has 4 atom stereocenters. The van der Waals surface area contributed by atoms with Crippen molar-refractivity contribution in [1.82, 2.24) is 19.1 Å². The summed E-state index contributed by atoms with van der Waals surface area (Å²) in [5.74, 6) is 2.78. The molecular formula is C26H32ClN5O2. The molecule has 7 nitrogen and oxygen atoms in total. The molecule has 4 unspecified atom stereocenters. The van der Waals surface area contributed by atoms with E-state index in [1.807, 2.05) is 17.7 Å². The van der Waals surface area contributed by atoms with Crippen LogP contribution in [0.3, 0.4) is 0 Å². The number of allylic oxidation sites excluding steroid dienone is 1. The summed E-state index contributed by atoms with van der Waals surface area (Å²) in [5.41, 5.74) is 2.88. The molecule has 1 N–H and O–H groups in total. The van der Waals surface area contributed by atoms with Gasteiger partial charge in [0.2, 0.25) is 5.95 Å². The van der Waals surface area contributed by atoms with Crippen LogP contribution in [0, 0.1) is 29.1 Å². The van der Waals surface area contributed by atoms with Crippen LogP contribution in [0.5, 0.6) is 0 Å². The van der Waals surface area contributed by atoms with Gasteiger partial charge in [0.05, 0.1) is 23.0 Å². The molecule has 2 aromatic heterocycles. The number of halogens is 1. The Morgan fingerprint density at radius 1 is 1.24 bits per heavy atom. The molecule has 0 radical (unpaired) electrons. The number of ether oxygens (including phenoxy) is 1. The van der Waals surface area contributed by atoms with Crippen LogP contribution in [0.4, 0.5) is 5.95 Å². The Morgan fingerprint density at radius 2 is 2.03 bits per heavy atom. The number of fused-ring (bicyclic) bond motifs is 2. The van der Waals surface area contributed by atoms with Crippen molar-refractivity contribution in [1.29, 1.82) is 0 Å². The maximum Gasteiger partial charge on any atom is 0.330 e. The van der Waals surface area contributed by atoms with Gasteiger partial charge in [-0.1, -0.05) is 31.0 Å². The van der Waals surface area contributed by atoms with Crippen molar-refractivity contribution in [2.24, 2.45) is 36.1 Å². The van der Waals surface area contributed by atoms with E-state index >= 15 is 0 Å². The minimum Gasteiger partial charge on any atom is -0.373 e. The van der Waals surface area contributed by atoms with Crippen LogP contribution in [0.25, 0.3) is 11.2 Å². The normalized spacial score (nSPS) is 38.2. The van der Waals surface area contributed by atoms with E-state index in [0.29, 0.717) is 34.1 Å². The van der Waals surface area contributed by atoms with E-state index in [2.05, 4.69) is 23.3 Å². The number of anilines is 1. The largest absolute Gasteiger partial charge is 0.373 e. The third-order valence-electron chi connectivity index (χ3n) is 9.61. The summed E-state index contributed by atoms with van der Waals surface area (Å²) < 4.78 is 9.47. The predicted octanol–water partition coefficient (Wildman–Crippen LogP) is 4.74. The predicted molar refractivity (Wildman–Crippen MR) is 132 cm³/mol. The lowest BCUT2D eigenvalue weighted by Gasteiger charge is -2.60. The highest BCUT2D eigenvalue weighted by Gasteiger charge is 2.55. The second-order valence-electron chi connectivity index (χ2n) is 11.4. The molecule has 5 fully saturated rings. The summed E-state index contributed by atoms with van der Waals surface area (Å²) in [5, 5.41) is 3.96. The highest BCUT2D eigenvalue weighted by molar-refractivity contribution is 6.32. The van der Waals surface area contributed by atoms with Gasteiger partial charge in [-0.3, -0.25) is 9.13 Å². The zero-order valence-corrected chi connectivity index (χ0v) is 20.6. The number of hydrogen-bond donors (Lipinski definition) is 1. The lowest BCUT2D eigenvalue weighted by atomic mass is 9.47. The van der Waals surface area contributed by atoms with E-state index in [1.54, 1.807) is 10.8 Å². The maximum absolute atomic E-state index is 13.5. The standard InChI is InChI=1S/C26H32ClN5O2/c1-3-26-10-14-6-16(11-26)22(17(7-14)12-26)32-23-20(31(2)25(32)33)13-28-24(30-23)29-19-8-15-4-5-34-21(15)9-18(19)27/h8-9,13-17,21-22H,3-7,10-12H2,1-2H3,(H,28,29,30). The molecule has 0 aromatic carbocycles.